The third kappa shape index (κ3) is 3.63. The van der Waals surface area contributed by atoms with Gasteiger partial charge in [0, 0.05) is 20.4 Å². The van der Waals surface area contributed by atoms with Crippen LogP contribution in [0.5, 0.6) is 0 Å². The van der Waals surface area contributed by atoms with Crippen LogP contribution < -0.4 is 5.32 Å². The SMILES string of the molecule is CSC1CCCCC1NC(=O)c1ccc(I)cc1. The smallest absolute Gasteiger partial charge is 0.251 e. The number of hydrogen-bond donors (Lipinski definition) is 1. The lowest BCUT2D eigenvalue weighted by Gasteiger charge is -2.30. The third-order valence-corrected chi connectivity index (χ3v) is 5.32. The Kier molecular flexibility index (Phi) is 5.36. The molecule has 1 aliphatic rings. The molecule has 0 heterocycles. The molecule has 0 bridgehead atoms. The summed E-state index contributed by atoms with van der Waals surface area (Å²) in [6, 6.07) is 8.08. The van der Waals surface area contributed by atoms with Crippen molar-refractivity contribution in [3.05, 3.63) is 33.4 Å². The highest BCUT2D eigenvalue weighted by atomic mass is 127. The fourth-order valence-electron chi connectivity index (χ4n) is 2.40. The number of halogens is 1. The Balaban J connectivity index is 1.99. The minimum atomic E-state index is 0.0670. The van der Waals surface area contributed by atoms with Gasteiger partial charge in [0.2, 0.25) is 0 Å². The van der Waals surface area contributed by atoms with E-state index in [1.165, 1.54) is 19.3 Å². The number of benzene rings is 1. The molecule has 2 atom stereocenters. The average molecular weight is 375 g/mol. The molecule has 0 radical (unpaired) electrons. The highest BCUT2D eigenvalue weighted by molar-refractivity contribution is 14.1. The lowest BCUT2D eigenvalue weighted by Crippen LogP contribution is -2.43. The van der Waals surface area contributed by atoms with Crippen LogP contribution >= 0.6 is 34.4 Å². The first kappa shape index (κ1) is 14.2. The molecule has 4 heteroatoms. The molecular weight excluding hydrogens is 357 g/mol. The van der Waals surface area contributed by atoms with Crippen LogP contribution in [0.15, 0.2) is 24.3 Å². The zero-order chi connectivity index (χ0) is 13.0. The molecule has 1 aromatic carbocycles. The van der Waals surface area contributed by atoms with Crippen molar-refractivity contribution in [3.8, 4) is 0 Å². The highest BCUT2D eigenvalue weighted by Gasteiger charge is 2.25. The van der Waals surface area contributed by atoms with Crippen LogP contribution in [-0.4, -0.2) is 23.5 Å². The number of nitrogens with one attached hydrogen (secondary N) is 1. The summed E-state index contributed by atoms with van der Waals surface area (Å²) in [4.78, 5) is 12.2. The Bertz CT molecular complexity index is 407. The maximum absolute atomic E-state index is 12.2. The van der Waals surface area contributed by atoms with Crippen molar-refractivity contribution in [3.63, 3.8) is 0 Å². The van der Waals surface area contributed by atoms with E-state index >= 15 is 0 Å². The number of thioether (sulfide) groups is 1. The van der Waals surface area contributed by atoms with E-state index in [-0.39, 0.29) is 5.91 Å². The van der Waals surface area contributed by atoms with E-state index in [9.17, 15) is 4.79 Å². The second kappa shape index (κ2) is 6.80. The van der Waals surface area contributed by atoms with Crippen LogP contribution in [0.4, 0.5) is 0 Å². The van der Waals surface area contributed by atoms with E-state index in [0.717, 1.165) is 15.6 Å². The second-order valence-electron chi connectivity index (χ2n) is 4.65. The molecule has 98 valence electrons. The summed E-state index contributed by atoms with van der Waals surface area (Å²) in [5, 5.41) is 3.77. The molecule has 18 heavy (non-hydrogen) atoms. The van der Waals surface area contributed by atoms with Gasteiger partial charge < -0.3 is 5.32 Å². The first-order chi connectivity index (χ1) is 8.70. The molecule has 1 aliphatic carbocycles. The lowest BCUT2D eigenvalue weighted by atomic mass is 9.94. The molecule has 2 rings (SSSR count). The van der Waals surface area contributed by atoms with Gasteiger partial charge in [0.1, 0.15) is 0 Å². The van der Waals surface area contributed by atoms with Gasteiger partial charge in [0.25, 0.3) is 5.91 Å². The van der Waals surface area contributed by atoms with Gasteiger partial charge in [-0.1, -0.05) is 12.8 Å². The van der Waals surface area contributed by atoms with Crippen LogP contribution in [0.1, 0.15) is 36.0 Å². The Morgan fingerprint density at radius 2 is 1.94 bits per heavy atom. The largest absolute Gasteiger partial charge is 0.348 e. The molecule has 1 saturated carbocycles. The summed E-state index contributed by atoms with van der Waals surface area (Å²) in [6.07, 6.45) is 7.00. The summed E-state index contributed by atoms with van der Waals surface area (Å²) in [5.41, 5.74) is 0.765. The number of rotatable bonds is 3. The van der Waals surface area contributed by atoms with Gasteiger partial charge >= 0.3 is 0 Å². The maximum atomic E-state index is 12.2. The Hall–Kier alpha value is -0.230. The van der Waals surface area contributed by atoms with Gasteiger partial charge in [-0.25, -0.2) is 0 Å². The summed E-state index contributed by atoms with van der Waals surface area (Å²) >= 11 is 4.13. The average Bonchev–Trinajstić information content (AvgIpc) is 2.40. The summed E-state index contributed by atoms with van der Waals surface area (Å²) < 4.78 is 1.16. The molecule has 1 N–H and O–H groups in total. The predicted octanol–water partition coefficient (Wildman–Crippen LogP) is 3.70. The quantitative estimate of drug-likeness (QED) is 0.817. The molecule has 1 amide bonds. The summed E-state index contributed by atoms with van der Waals surface area (Å²) in [7, 11) is 0. The molecule has 2 nitrogen and oxygen atoms in total. The van der Waals surface area contributed by atoms with E-state index in [1.54, 1.807) is 0 Å². The van der Waals surface area contributed by atoms with Gasteiger partial charge in [0.05, 0.1) is 0 Å². The topological polar surface area (TPSA) is 29.1 Å². The standard InChI is InChI=1S/C14H18INOS/c1-18-13-5-3-2-4-12(13)16-14(17)10-6-8-11(15)9-7-10/h6-9,12-13H,2-5H2,1H3,(H,16,17). The second-order valence-corrected chi connectivity index (χ2v) is 6.97. The molecule has 0 saturated heterocycles. The Labute approximate surface area is 126 Å². The van der Waals surface area contributed by atoms with Gasteiger partial charge in [0.15, 0.2) is 0 Å². The fraction of sp³-hybridized carbons (Fsp3) is 0.500. The lowest BCUT2D eigenvalue weighted by molar-refractivity contribution is 0.0929. The van der Waals surface area contributed by atoms with Crippen molar-refractivity contribution in [2.75, 3.05) is 6.26 Å². The van der Waals surface area contributed by atoms with E-state index in [1.807, 2.05) is 36.0 Å². The molecule has 0 aromatic heterocycles. The number of amides is 1. The summed E-state index contributed by atoms with van der Waals surface area (Å²) in [5.74, 6) is 0.0670. The molecular formula is C14H18INOS. The zero-order valence-electron chi connectivity index (χ0n) is 10.5. The van der Waals surface area contributed by atoms with Gasteiger partial charge in [-0.15, -0.1) is 0 Å². The predicted molar refractivity (Wildman–Crippen MR) is 86.2 cm³/mol. The first-order valence-corrected chi connectivity index (χ1v) is 8.66. The van der Waals surface area contributed by atoms with Gasteiger partial charge in [-0.05, 0) is 66.0 Å². The minimum Gasteiger partial charge on any atom is -0.348 e. The van der Waals surface area contributed by atoms with Crippen molar-refractivity contribution < 1.29 is 4.79 Å². The van der Waals surface area contributed by atoms with Crippen LogP contribution in [0.3, 0.4) is 0 Å². The van der Waals surface area contributed by atoms with Gasteiger partial charge in [-0.2, -0.15) is 11.8 Å². The maximum Gasteiger partial charge on any atom is 0.251 e. The van der Waals surface area contributed by atoms with Crippen molar-refractivity contribution in [2.24, 2.45) is 0 Å². The van der Waals surface area contributed by atoms with Gasteiger partial charge in [-0.3, -0.25) is 4.79 Å². The van der Waals surface area contributed by atoms with Crippen LogP contribution in [0.2, 0.25) is 0 Å². The molecule has 0 aliphatic heterocycles. The molecule has 0 spiro atoms. The van der Waals surface area contributed by atoms with Crippen LogP contribution in [0.25, 0.3) is 0 Å². The van der Waals surface area contributed by atoms with Crippen molar-refractivity contribution in [2.45, 2.75) is 37.0 Å². The number of hydrogen-bond acceptors (Lipinski definition) is 2. The Morgan fingerprint density at radius 1 is 1.28 bits per heavy atom. The fourth-order valence-corrected chi connectivity index (χ4v) is 3.69. The number of carbonyl (C=O) groups is 1. The Morgan fingerprint density at radius 3 is 2.61 bits per heavy atom. The number of carbonyl (C=O) groups excluding carboxylic acids is 1. The van der Waals surface area contributed by atoms with E-state index in [0.29, 0.717) is 11.3 Å². The van der Waals surface area contributed by atoms with Crippen molar-refractivity contribution >= 4 is 40.3 Å². The normalized spacial score (nSPS) is 23.7. The minimum absolute atomic E-state index is 0.0670. The molecule has 1 aromatic rings. The van der Waals surface area contributed by atoms with Crippen LogP contribution in [0, 0.1) is 3.57 Å². The van der Waals surface area contributed by atoms with E-state index < -0.39 is 0 Å². The van der Waals surface area contributed by atoms with Crippen LogP contribution in [-0.2, 0) is 0 Å². The molecule has 1 fully saturated rings. The third-order valence-electron chi connectivity index (χ3n) is 3.43. The van der Waals surface area contributed by atoms with Crippen molar-refractivity contribution in [1.29, 1.82) is 0 Å². The van der Waals surface area contributed by atoms with E-state index in [2.05, 4.69) is 34.2 Å². The monoisotopic (exact) mass is 375 g/mol. The molecule has 2 unspecified atom stereocenters. The summed E-state index contributed by atoms with van der Waals surface area (Å²) in [6.45, 7) is 0. The first-order valence-electron chi connectivity index (χ1n) is 6.30. The highest BCUT2D eigenvalue weighted by Crippen LogP contribution is 2.27. The zero-order valence-corrected chi connectivity index (χ0v) is 13.5. The van der Waals surface area contributed by atoms with E-state index in [4.69, 9.17) is 0 Å². The van der Waals surface area contributed by atoms with Crippen molar-refractivity contribution in [1.82, 2.24) is 5.32 Å².